The van der Waals surface area contributed by atoms with Crippen LogP contribution in [0.25, 0.3) is 22.3 Å². The summed E-state index contributed by atoms with van der Waals surface area (Å²) in [6.45, 7) is 1.43. The number of halogens is 2. The van der Waals surface area contributed by atoms with E-state index in [4.69, 9.17) is 23.2 Å². The molecule has 0 aliphatic heterocycles. The highest BCUT2D eigenvalue weighted by Crippen LogP contribution is 2.28. The summed E-state index contributed by atoms with van der Waals surface area (Å²) in [5.41, 5.74) is 5.08. The lowest BCUT2D eigenvalue weighted by Gasteiger charge is -2.09. The topological polar surface area (TPSA) is 56.8 Å². The zero-order valence-corrected chi connectivity index (χ0v) is 17.7. The first-order valence-electron chi connectivity index (χ1n) is 9.25. The maximum atomic E-state index is 6.27. The molecule has 2 N–H and O–H groups in total. The molecule has 0 saturated carbocycles. The average Bonchev–Trinajstić information content (AvgIpc) is 3.13. The summed E-state index contributed by atoms with van der Waals surface area (Å²) in [5, 5.41) is 5.60. The van der Waals surface area contributed by atoms with Gasteiger partial charge < -0.3 is 15.2 Å². The van der Waals surface area contributed by atoms with Gasteiger partial charge in [-0.2, -0.15) is 0 Å². The third kappa shape index (κ3) is 4.53. The van der Waals surface area contributed by atoms with Gasteiger partial charge in [0.2, 0.25) is 0 Å². The molecule has 0 radical (unpaired) electrons. The second-order valence-electron chi connectivity index (χ2n) is 7.19. The normalized spacial score (nSPS) is 11.3. The number of anilines is 1. The largest absolute Gasteiger partial charge is 0.365 e. The van der Waals surface area contributed by atoms with Crippen LogP contribution in [0.2, 0.25) is 10.0 Å². The second kappa shape index (κ2) is 8.41. The fourth-order valence-electron chi connectivity index (χ4n) is 3.25. The highest BCUT2D eigenvalue weighted by atomic mass is 35.5. The molecule has 7 heteroatoms. The minimum Gasteiger partial charge on any atom is -0.365 e. The molecule has 0 aliphatic rings. The lowest BCUT2D eigenvalue weighted by molar-refractivity contribution is 0.402. The van der Waals surface area contributed by atoms with E-state index < -0.39 is 0 Å². The third-order valence-corrected chi connectivity index (χ3v) is 5.25. The fraction of sp³-hybridized carbons (Fsp3) is 0.182. The van der Waals surface area contributed by atoms with Gasteiger partial charge in [0.15, 0.2) is 0 Å². The number of benzene rings is 2. The number of nitrogens with one attached hydrogen (secondary N) is 2. The summed E-state index contributed by atoms with van der Waals surface area (Å²) in [7, 11) is 4.13. The Kier molecular flexibility index (Phi) is 5.72. The molecule has 4 rings (SSSR count). The van der Waals surface area contributed by atoms with E-state index >= 15 is 0 Å². The summed E-state index contributed by atoms with van der Waals surface area (Å²) in [6.07, 6.45) is 1.55. The van der Waals surface area contributed by atoms with Gasteiger partial charge in [-0.15, -0.1) is 0 Å². The van der Waals surface area contributed by atoms with Crippen LogP contribution in [0, 0.1) is 0 Å². The second-order valence-corrected chi connectivity index (χ2v) is 8.04. The molecular weight excluding hydrogens is 405 g/mol. The van der Waals surface area contributed by atoms with E-state index in [2.05, 4.69) is 69.6 Å². The van der Waals surface area contributed by atoms with Gasteiger partial charge in [-0.05, 0) is 55.1 Å². The number of fused-ring (bicyclic) bond motifs is 1. The lowest BCUT2D eigenvalue weighted by atomic mass is 10.1. The first-order valence-corrected chi connectivity index (χ1v) is 10.0. The van der Waals surface area contributed by atoms with E-state index in [0.29, 0.717) is 16.6 Å². The van der Waals surface area contributed by atoms with E-state index in [0.717, 1.165) is 40.2 Å². The van der Waals surface area contributed by atoms with Gasteiger partial charge in [0.1, 0.15) is 17.8 Å². The lowest BCUT2D eigenvalue weighted by Crippen LogP contribution is -2.10. The fourth-order valence-corrected chi connectivity index (χ4v) is 3.63. The highest BCUT2D eigenvalue weighted by molar-refractivity contribution is 6.33. The Labute approximate surface area is 179 Å². The molecule has 0 bridgehead atoms. The van der Waals surface area contributed by atoms with Gasteiger partial charge in [0, 0.05) is 28.8 Å². The molecule has 29 heavy (non-hydrogen) atoms. The molecule has 0 amide bonds. The summed E-state index contributed by atoms with van der Waals surface area (Å²) in [5.74, 6) is 0.748. The van der Waals surface area contributed by atoms with Crippen molar-refractivity contribution in [2.24, 2.45) is 0 Å². The van der Waals surface area contributed by atoms with E-state index in [9.17, 15) is 0 Å². The Balaban J connectivity index is 1.59. The summed E-state index contributed by atoms with van der Waals surface area (Å²) < 4.78 is 0. The number of H-pyrrole nitrogens is 1. The van der Waals surface area contributed by atoms with Crippen molar-refractivity contribution >= 4 is 40.1 Å². The first-order chi connectivity index (χ1) is 14.0. The maximum absolute atomic E-state index is 6.27. The summed E-state index contributed by atoms with van der Waals surface area (Å²) >= 11 is 12.4. The van der Waals surface area contributed by atoms with Crippen molar-refractivity contribution in [1.29, 1.82) is 0 Å². The third-order valence-electron chi connectivity index (χ3n) is 4.64. The van der Waals surface area contributed by atoms with Crippen LogP contribution < -0.4 is 5.32 Å². The van der Waals surface area contributed by atoms with Crippen LogP contribution in [-0.2, 0) is 13.1 Å². The van der Waals surface area contributed by atoms with Gasteiger partial charge in [0.25, 0.3) is 0 Å². The van der Waals surface area contributed by atoms with E-state index in [1.807, 2.05) is 6.07 Å². The Bertz CT molecular complexity index is 1140. The number of nitrogens with zero attached hydrogens (tertiary/aromatic N) is 3. The Morgan fingerprint density at radius 1 is 1.00 bits per heavy atom. The number of rotatable bonds is 6. The Morgan fingerprint density at radius 3 is 2.55 bits per heavy atom. The van der Waals surface area contributed by atoms with Crippen LogP contribution in [-0.4, -0.2) is 33.9 Å². The van der Waals surface area contributed by atoms with Gasteiger partial charge in [-0.1, -0.05) is 47.5 Å². The quantitative estimate of drug-likeness (QED) is 0.421. The van der Waals surface area contributed by atoms with Gasteiger partial charge in [-0.25, -0.2) is 9.97 Å². The van der Waals surface area contributed by atoms with Crippen molar-refractivity contribution in [2.45, 2.75) is 13.1 Å². The molecule has 0 spiro atoms. The maximum Gasteiger partial charge on any atom is 0.143 e. The smallest absolute Gasteiger partial charge is 0.143 e. The van der Waals surface area contributed by atoms with E-state index in [1.165, 1.54) is 5.56 Å². The van der Waals surface area contributed by atoms with Crippen LogP contribution in [0.4, 0.5) is 5.82 Å². The van der Waals surface area contributed by atoms with Gasteiger partial charge >= 0.3 is 0 Å². The Morgan fingerprint density at radius 2 is 1.79 bits per heavy atom. The molecule has 2 heterocycles. The first kappa shape index (κ1) is 19.7. The minimum atomic E-state index is 0.519. The number of hydrogen-bond acceptors (Lipinski definition) is 4. The van der Waals surface area contributed by atoms with Crippen LogP contribution in [0.3, 0.4) is 0 Å². The molecule has 4 aromatic rings. The van der Waals surface area contributed by atoms with Crippen molar-refractivity contribution in [3.63, 3.8) is 0 Å². The monoisotopic (exact) mass is 425 g/mol. The minimum absolute atomic E-state index is 0.519. The molecule has 0 saturated heterocycles. The van der Waals surface area contributed by atoms with Crippen molar-refractivity contribution in [1.82, 2.24) is 19.9 Å². The van der Waals surface area contributed by atoms with Crippen molar-refractivity contribution < 1.29 is 0 Å². The number of aromatic nitrogens is 3. The van der Waals surface area contributed by atoms with Crippen molar-refractivity contribution in [3.05, 3.63) is 76.0 Å². The van der Waals surface area contributed by atoms with E-state index in [-0.39, 0.29) is 0 Å². The SMILES string of the molecule is CN(C)Cc1ccc(-c2cc3c(NCc4cc(Cl)ccc4Cl)ncnc3[nH]2)cc1. The van der Waals surface area contributed by atoms with Crippen molar-refractivity contribution in [3.8, 4) is 11.3 Å². The highest BCUT2D eigenvalue weighted by Gasteiger charge is 2.10. The number of hydrogen-bond donors (Lipinski definition) is 2. The standard InChI is InChI=1S/C22H21Cl2N5/c1-29(2)12-14-3-5-15(6-4-14)20-10-18-21(26-13-27-22(18)28-20)25-11-16-9-17(23)7-8-19(16)24/h3-10,13H,11-12H2,1-2H3,(H2,25,26,27,28). The zero-order chi connectivity index (χ0) is 20.4. The molecule has 5 nitrogen and oxygen atoms in total. The average molecular weight is 426 g/mol. The number of aromatic amines is 1. The molecule has 0 atom stereocenters. The summed E-state index contributed by atoms with van der Waals surface area (Å²) in [4.78, 5) is 14.3. The van der Waals surface area contributed by atoms with Gasteiger partial charge in [-0.3, -0.25) is 0 Å². The predicted molar refractivity (Wildman–Crippen MR) is 121 cm³/mol. The zero-order valence-electron chi connectivity index (χ0n) is 16.2. The molecule has 2 aromatic heterocycles. The molecule has 2 aromatic carbocycles. The summed E-state index contributed by atoms with van der Waals surface area (Å²) in [6, 6.07) is 16.0. The molecule has 148 valence electrons. The van der Waals surface area contributed by atoms with Crippen LogP contribution in [0.5, 0.6) is 0 Å². The van der Waals surface area contributed by atoms with Crippen molar-refractivity contribution in [2.75, 3.05) is 19.4 Å². The van der Waals surface area contributed by atoms with Crippen LogP contribution in [0.15, 0.2) is 54.9 Å². The van der Waals surface area contributed by atoms with Crippen LogP contribution >= 0.6 is 23.2 Å². The molecule has 0 unspecified atom stereocenters. The molecule has 0 aliphatic carbocycles. The Hall–Kier alpha value is -2.60. The molecule has 0 fully saturated rings. The van der Waals surface area contributed by atoms with E-state index in [1.54, 1.807) is 18.5 Å². The van der Waals surface area contributed by atoms with Gasteiger partial charge in [0.05, 0.1) is 5.39 Å². The molecular formula is C22H21Cl2N5. The predicted octanol–water partition coefficient (Wildman–Crippen LogP) is 5.61. The van der Waals surface area contributed by atoms with Crippen LogP contribution in [0.1, 0.15) is 11.1 Å².